The quantitative estimate of drug-likeness (QED) is 0.820. The van der Waals surface area contributed by atoms with Gasteiger partial charge in [0, 0.05) is 5.69 Å². The smallest absolute Gasteiger partial charge is 0.128 e. The van der Waals surface area contributed by atoms with E-state index in [4.69, 9.17) is 0 Å². The van der Waals surface area contributed by atoms with Gasteiger partial charge < -0.3 is 5.32 Å². The van der Waals surface area contributed by atoms with Crippen molar-refractivity contribution in [2.24, 2.45) is 5.41 Å². The molecule has 0 saturated carbocycles. The SMILES string of the molecule is Cc1ccc(NC2c3ccccc3CC2(C)C)cc1F. The summed E-state index contributed by atoms with van der Waals surface area (Å²) in [6, 6.07) is 14.1. The van der Waals surface area contributed by atoms with Gasteiger partial charge in [-0.3, -0.25) is 0 Å². The zero-order valence-electron chi connectivity index (χ0n) is 12.2. The zero-order chi connectivity index (χ0) is 14.3. The van der Waals surface area contributed by atoms with Gasteiger partial charge in [-0.05, 0) is 47.6 Å². The lowest BCUT2D eigenvalue weighted by atomic mass is 9.85. The zero-order valence-corrected chi connectivity index (χ0v) is 12.2. The highest BCUT2D eigenvalue weighted by Gasteiger charge is 2.38. The predicted octanol–water partition coefficient (Wildman–Crippen LogP) is 4.87. The van der Waals surface area contributed by atoms with E-state index in [0.29, 0.717) is 5.56 Å². The number of hydrogen-bond acceptors (Lipinski definition) is 1. The standard InChI is InChI=1S/C18H20FN/c1-12-8-9-14(10-16(12)19)20-17-15-7-5-4-6-13(15)11-18(17,2)3/h4-10,17,20H,11H2,1-3H3. The molecule has 1 aliphatic carbocycles. The highest BCUT2D eigenvalue weighted by molar-refractivity contribution is 5.50. The first-order valence-electron chi connectivity index (χ1n) is 7.08. The van der Waals surface area contributed by atoms with Crippen molar-refractivity contribution in [2.45, 2.75) is 33.2 Å². The Morgan fingerprint density at radius 1 is 1.15 bits per heavy atom. The lowest BCUT2D eigenvalue weighted by molar-refractivity contribution is 0.337. The van der Waals surface area contributed by atoms with E-state index in [-0.39, 0.29) is 17.3 Å². The van der Waals surface area contributed by atoms with Crippen molar-refractivity contribution in [3.63, 3.8) is 0 Å². The summed E-state index contributed by atoms with van der Waals surface area (Å²) in [4.78, 5) is 0. The van der Waals surface area contributed by atoms with Crippen LogP contribution in [0.5, 0.6) is 0 Å². The Labute approximate surface area is 119 Å². The average molecular weight is 269 g/mol. The molecular weight excluding hydrogens is 249 g/mol. The van der Waals surface area contributed by atoms with Crippen LogP contribution in [0.4, 0.5) is 10.1 Å². The third-order valence-corrected chi connectivity index (χ3v) is 4.28. The molecule has 2 aromatic rings. The molecule has 0 aromatic heterocycles. The Morgan fingerprint density at radius 3 is 2.65 bits per heavy atom. The number of benzene rings is 2. The molecule has 0 fully saturated rings. The Hall–Kier alpha value is -1.83. The van der Waals surface area contributed by atoms with Crippen molar-refractivity contribution in [2.75, 3.05) is 5.32 Å². The number of nitrogens with one attached hydrogen (secondary N) is 1. The lowest BCUT2D eigenvalue weighted by Gasteiger charge is -2.29. The number of anilines is 1. The molecule has 0 spiro atoms. The molecule has 104 valence electrons. The first-order valence-corrected chi connectivity index (χ1v) is 7.08. The van der Waals surface area contributed by atoms with Crippen LogP contribution in [0, 0.1) is 18.2 Å². The van der Waals surface area contributed by atoms with E-state index in [1.54, 1.807) is 13.0 Å². The number of fused-ring (bicyclic) bond motifs is 1. The summed E-state index contributed by atoms with van der Waals surface area (Å²) < 4.78 is 13.7. The van der Waals surface area contributed by atoms with Crippen LogP contribution in [0.1, 0.15) is 36.6 Å². The average Bonchev–Trinajstić information content (AvgIpc) is 2.65. The Kier molecular flexibility index (Phi) is 3.04. The van der Waals surface area contributed by atoms with Crippen molar-refractivity contribution in [3.8, 4) is 0 Å². The van der Waals surface area contributed by atoms with E-state index >= 15 is 0 Å². The van der Waals surface area contributed by atoms with Gasteiger partial charge in [-0.15, -0.1) is 0 Å². The summed E-state index contributed by atoms with van der Waals surface area (Å²) in [5.41, 5.74) is 4.39. The molecule has 1 aliphatic rings. The minimum atomic E-state index is -0.154. The molecule has 20 heavy (non-hydrogen) atoms. The number of halogens is 1. The molecule has 1 N–H and O–H groups in total. The van der Waals surface area contributed by atoms with E-state index in [0.717, 1.165) is 12.1 Å². The molecule has 0 heterocycles. The molecule has 0 amide bonds. The van der Waals surface area contributed by atoms with Gasteiger partial charge >= 0.3 is 0 Å². The van der Waals surface area contributed by atoms with Gasteiger partial charge in [0.25, 0.3) is 0 Å². The molecule has 2 heteroatoms. The number of hydrogen-bond donors (Lipinski definition) is 1. The maximum atomic E-state index is 13.7. The summed E-state index contributed by atoms with van der Waals surface area (Å²) in [5.74, 6) is -0.154. The Morgan fingerprint density at radius 2 is 1.90 bits per heavy atom. The van der Waals surface area contributed by atoms with Crippen LogP contribution in [-0.2, 0) is 6.42 Å². The van der Waals surface area contributed by atoms with Crippen LogP contribution in [0.3, 0.4) is 0 Å². The first-order chi connectivity index (χ1) is 9.47. The van der Waals surface area contributed by atoms with E-state index in [1.807, 2.05) is 12.1 Å². The van der Waals surface area contributed by atoms with Crippen molar-refractivity contribution < 1.29 is 4.39 Å². The molecule has 0 radical (unpaired) electrons. The maximum absolute atomic E-state index is 13.7. The first kappa shape index (κ1) is 13.2. The minimum absolute atomic E-state index is 0.130. The highest BCUT2D eigenvalue weighted by atomic mass is 19.1. The van der Waals surface area contributed by atoms with Gasteiger partial charge in [-0.1, -0.05) is 44.2 Å². The normalized spacial score (nSPS) is 19.7. The molecule has 1 atom stereocenters. The highest BCUT2D eigenvalue weighted by Crippen LogP contribution is 2.46. The third-order valence-electron chi connectivity index (χ3n) is 4.28. The van der Waals surface area contributed by atoms with Crippen molar-refractivity contribution in [3.05, 3.63) is 65.0 Å². The van der Waals surface area contributed by atoms with Crippen molar-refractivity contribution >= 4 is 5.69 Å². The molecule has 3 rings (SSSR count). The van der Waals surface area contributed by atoms with Gasteiger partial charge in [0.1, 0.15) is 5.82 Å². The maximum Gasteiger partial charge on any atom is 0.128 e. The molecule has 0 bridgehead atoms. The van der Waals surface area contributed by atoms with Crippen LogP contribution < -0.4 is 5.32 Å². The monoisotopic (exact) mass is 269 g/mol. The third kappa shape index (κ3) is 2.20. The van der Waals surface area contributed by atoms with E-state index in [2.05, 4.69) is 43.4 Å². The van der Waals surface area contributed by atoms with Gasteiger partial charge in [0.15, 0.2) is 0 Å². The second-order valence-corrected chi connectivity index (χ2v) is 6.41. The van der Waals surface area contributed by atoms with E-state index in [9.17, 15) is 4.39 Å². The minimum Gasteiger partial charge on any atom is -0.378 e. The van der Waals surface area contributed by atoms with Crippen molar-refractivity contribution in [1.29, 1.82) is 0 Å². The fraction of sp³-hybridized carbons (Fsp3) is 0.333. The molecule has 2 aromatic carbocycles. The van der Waals surface area contributed by atoms with Gasteiger partial charge in [0.05, 0.1) is 6.04 Å². The summed E-state index contributed by atoms with van der Waals surface area (Å²) >= 11 is 0. The summed E-state index contributed by atoms with van der Waals surface area (Å²) in [5, 5.41) is 3.52. The number of rotatable bonds is 2. The molecular formula is C18H20FN. The second-order valence-electron chi connectivity index (χ2n) is 6.41. The molecule has 0 aliphatic heterocycles. The fourth-order valence-electron chi connectivity index (χ4n) is 3.11. The van der Waals surface area contributed by atoms with Crippen LogP contribution in [0.15, 0.2) is 42.5 Å². The van der Waals surface area contributed by atoms with E-state index < -0.39 is 0 Å². The van der Waals surface area contributed by atoms with Crippen LogP contribution in [0.2, 0.25) is 0 Å². The molecule has 1 unspecified atom stereocenters. The fourth-order valence-corrected chi connectivity index (χ4v) is 3.11. The number of aryl methyl sites for hydroxylation is 1. The summed E-state index contributed by atoms with van der Waals surface area (Å²) in [7, 11) is 0. The van der Waals surface area contributed by atoms with Crippen LogP contribution in [-0.4, -0.2) is 0 Å². The van der Waals surface area contributed by atoms with E-state index in [1.165, 1.54) is 11.1 Å². The topological polar surface area (TPSA) is 12.0 Å². The second kappa shape index (κ2) is 4.62. The molecule has 0 saturated heterocycles. The van der Waals surface area contributed by atoms with Gasteiger partial charge in [-0.2, -0.15) is 0 Å². The van der Waals surface area contributed by atoms with Gasteiger partial charge in [-0.25, -0.2) is 4.39 Å². The Balaban J connectivity index is 1.94. The summed E-state index contributed by atoms with van der Waals surface area (Å²) in [6.07, 6.45) is 1.05. The lowest BCUT2D eigenvalue weighted by Crippen LogP contribution is -2.24. The van der Waals surface area contributed by atoms with Crippen molar-refractivity contribution in [1.82, 2.24) is 0 Å². The Bertz CT molecular complexity index is 646. The molecule has 1 nitrogen and oxygen atoms in total. The van der Waals surface area contributed by atoms with Crippen LogP contribution in [0.25, 0.3) is 0 Å². The summed E-state index contributed by atoms with van der Waals surface area (Å²) in [6.45, 7) is 6.30. The predicted molar refractivity (Wildman–Crippen MR) is 81.4 cm³/mol. The van der Waals surface area contributed by atoms with Crippen LogP contribution >= 0.6 is 0 Å². The largest absolute Gasteiger partial charge is 0.378 e. The van der Waals surface area contributed by atoms with Gasteiger partial charge in [0.2, 0.25) is 0 Å².